The number of rotatable bonds is 5. The van der Waals surface area contributed by atoms with Gasteiger partial charge in [0.25, 0.3) is 0 Å². The summed E-state index contributed by atoms with van der Waals surface area (Å²) in [4.78, 5) is 2.24. The molecule has 3 nitrogen and oxygen atoms in total. The Bertz CT molecular complexity index is 308. The molecule has 0 radical (unpaired) electrons. The zero-order valence-corrected chi connectivity index (χ0v) is 9.79. The van der Waals surface area contributed by atoms with Crippen LogP contribution in [0.3, 0.4) is 0 Å². The molecule has 0 aliphatic rings. The third kappa shape index (κ3) is 2.55. The first-order chi connectivity index (χ1) is 7.24. The predicted molar refractivity (Wildman–Crippen MR) is 65.6 cm³/mol. The number of nitrogens with two attached hydrogens (primary N) is 1. The van der Waals surface area contributed by atoms with Crippen LogP contribution in [-0.4, -0.2) is 19.7 Å². The van der Waals surface area contributed by atoms with Crippen LogP contribution in [0.1, 0.15) is 20.8 Å². The van der Waals surface area contributed by atoms with E-state index in [1.807, 2.05) is 25.1 Å². The summed E-state index contributed by atoms with van der Waals surface area (Å²) >= 11 is 0. The number of anilines is 2. The third-order valence-corrected chi connectivity index (χ3v) is 2.42. The van der Waals surface area contributed by atoms with Crippen molar-refractivity contribution in [3.8, 4) is 5.75 Å². The Kier molecular flexibility index (Phi) is 4.28. The first-order valence-electron chi connectivity index (χ1n) is 5.50. The van der Waals surface area contributed by atoms with E-state index in [0.29, 0.717) is 12.3 Å². The van der Waals surface area contributed by atoms with E-state index in [0.717, 1.165) is 24.5 Å². The van der Waals surface area contributed by atoms with Gasteiger partial charge in [-0.3, -0.25) is 0 Å². The molecule has 15 heavy (non-hydrogen) atoms. The second-order valence-corrected chi connectivity index (χ2v) is 3.30. The topological polar surface area (TPSA) is 38.5 Å². The molecule has 0 amide bonds. The van der Waals surface area contributed by atoms with Gasteiger partial charge in [-0.1, -0.05) is 6.07 Å². The fraction of sp³-hybridized carbons (Fsp3) is 0.500. The smallest absolute Gasteiger partial charge is 0.165 e. The number of ether oxygens (including phenoxy) is 1. The van der Waals surface area contributed by atoms with Crippen molar-refractivity contribution in [1.29, 1.82) is 0 Å². The van der Waals surface area contributed by atoms with Crippen LogP contribution in [0.2, 0.25) is 0 Å². The largest absolute Gasteiger partial charge is 0.490 e. The molecule has 0 heterocycles. The number of nitrogens with zero attached hydrogens (tertiary/aromatic N) is 1. The Hall–Kier alpha value is -1.38. The Morgan fingerprint density at radius 1 is 1.20 bits per heavy atom. The molecule has 0 aromatic heterocycles. The third-order valence-electron chi connectivity index (χ3n) is 2.42. The Labute approximate surface area is 91.8 Å². The van der Waals surface area contributed by atoms with E-state index >= 15 is 0 Å². The molecule has 1 rings (SSSR count). The van der Waals surface area contributed by atoms with Gasteiger partial charge in [0.05, 0.1) is 18.0 Å². The summed E-state index contributed by atoms with van der Waals surface area (Å²) in [5, 5.41) is 0. The molecule has 0 aliphatic carbocycles. The number of nitrogen functional groups attached to an aromatic ring is 1. The minimum absolute atomic E-state index is 0.641. The molecule has 1 aromatic carbocycles. The molecule has 0 unspecified atom stereocenters. The number of para-hydroxylation sites is 1. The first-order valence-corrected chi connectivity index (χ1v) is 5.50. The maximum absolute atomic E-state index is 5.90. The summed E-state index contributed by atoms with van der Waals surface area (Å²) in [5.74, 6) is 0.809. The lowest BCUT2D eigenvalue weighted by Crippen LogP contribution is -2.22. The minimum atomic E-state index is 0.641. The van der Waals surface area contributed by atoms with E-state index in [9.17, 15) is 0 Å². The van der Waals surface area contributed by atoms with Crippen molar-refractivity contribution in [3.05, 3.63) is 18.2 Å². The van der Waals surface area contributed by atoms with Crippen molar-refractivity contribution in [2.24, 2.45) is 0 Å². The Morgan fingerprint density at radius 3 is 2.40 bits per heavy atom. The van der Waals surface area contributed by atoms with Crippen LogP contribution < -0.4 is 15.4 Å². The zero-order valence-electron chi connectivity index (χ0n) is 9.79. The fourth-order valence-corrected chi connectivity index (χ4v) is 1.66. The molecule has 0 bridgehead atoms. The van der Waals surface area contributed by atoms with Crippen LogP contribution in [0, 0.1) is 0 Å². The zero-order chi connectivity index (χ0) is 11.3. The summed E-state index contributed by atoms with van der Waals surface area (Å²) in [6, 6.07) is 5.89. The molecule has 0 atom stereocenters. The molecule has 2 N–H and O–H groups in total. The van der Waals surface area contributed by atoms with Gasteiger partial charge in [0.15, 0.2) is 5.75 Å². The first kappa shape index (κ1) is 11.7. The van der Waals surface area contributed by atoms with E-state index < -0.39 is 0 Å². The lowest BCUT2D eigenvalue weighted by Gasteiger charge is -2.24. The molecule has 0 saturated carbocycles. The summed E-state index contributed by atoms with van der Waals surface area (Å²) < 4.78 is 5.59. The summed E-state index contributed by atoms with van der Waals surface area (Å²) in [6.45, 7) is 8.78. The molecule has 1 aromatic rings. The molecule has 3 heteroatoms. The number of hydrogen-bond acceptors (Lipinski definition) is 3. The summed E-state index contributed by atoms with van der Waals surface area (Å²) in [7, 11) is 0. The lowest BCUT2D eigenvalue weighted by molar-refractivity contribution is 0.342. The number of benzene rings is 1. The van der Waals surface area contributed by atoms with Crippen LogP contribution >= 0.6 is 0 Å². The van der Waals surface area contributed by atoms with Gasteiger partial charge >= 0.3 is 0 Å². The van der Waals surface area contributed by atoms with Crippen LogP contribution in [0.15, 0.2) is 18.2 Å². The average molecular weight is 208 g/mol. The van der Waals surface area contributed by atoms with Gasteiger partial charge in [-0.05, 0) is 32.9 Å². The molecule has 0 saturated heterocycles. The summed E-state index contributed by atoms with van der Waals surface area (Å²) in [5.41, 5.74) is 7.70. The molecule has 0 aliphatic heterocycles. The van der Waals surface area contributed by atoms with E-state index in [4.69, 9.17) is 10.5 Å². The van der Waals surface area contributed by atoms with Crippen molar-refractivity contribution in [2.45, 2.75) is 20.8 Å². The fourth-order valence-electron chi connectivity index (χ4n) is 1.66. The van der Waals surface area contributed by atoms with Gasteiger partial charge in [-0.25, -0.2) is 0 Å². The SMILES string of the molecule is CCOc1c(N)cccc1N(CC)CC. The predicted octanol–water partition coefficient (Wildman–Crippen LogP) is 2.51. The van der Waals surface area contributed by atoms with Gasteiger partial charge in [0, 0.05) is 13.1 Å². The van der Waals surface area contributed by atoms with E-state index in [2.05, 4.69) is 18.7 Å². The highest BCUT2D eigenvalue weighted by atomic mass is 16.5. The van der Waals surface area contributed by atoms with Crippen LogP contribution in [0.25, 0.3) is 0 Å². The van der Waals surface area contributed by atoms with Gasteiger partial charge in [-0.2, -0.15) is 0 Å². The summed E-state index contributed by atoms with van der Waals surface area (Å²) in [6.07, 6.45) is 0. The quantitative estimate of drug-likeness (QED) is 0.756. The molecule has 0 fully saturated rings. The van der Waals surface area contributed by atoms with Crippen molar-refractivity contribution < 1.29 is 4.74 Å². The average Bonchev–Trinajstić information content (AvgIpc) is 2.24. The van der Waals surface area contributed by atoms with Gasteiger partial charge in [0.1, 0.15) is 0 Å². The molecular weight excluding hydrogens is 188 g/mol. The highest BCUT2D eigenvalue weighted by Gasteiger charge is 2.11. The standard InChI is InChI=1S/C12H20N2O/c1-4-14(5-2)11-9-7-8-10(13)12(11)15-6-3/h7-9H,4-6,13H2,1-3H3. The number of hydrogen-bond donors (Lipinski definition) is 1. The van der Waals surface area contributed by atoms with Crippen LogP contribution in [0.4, 0.5) is 11.4 Å². The van der Waals surface area contributed by atoms with Crippen molar-refractivity contribution in [3.63, 3.8) is 0 Å². The van der Waals surface area contributed by atoms with E-state index in [1.54, 1.807) is 0 Å². The van der Waals surface area contributed by atoms with Crippen molar-refractivity contribution >= 4 is 11.4 Å². The molecular formula is C12H20N2O. The van der Waals surface area contributed by atoms with E-state index in [-0.39, 0.29) is 0 Å². The molecule has 84 valence electrons. The second-order valence-electron chi connectivity index (χ2n) is 3.30. The Morgan fingerprint density at radius 2 is 1.87 bits per heavy atom. The van der Waals surface area contributed by atoms with E-state index in [1.165, 1.54) is 0 Å². The Balaban J connectivity index is 3.09. The maximum Gasteiger partial charge on any atom is 0.165 e. The van der Waals surface area contributed by atoms with Crippen molar-refractivity contribution in [1.82, 2.24) is 0 Å². The lowest BCUT2D eigenvalue weighted by atomic mass is 10.2. The second kappa shape index (κ2) is 5.49. The minimum Gasteiger partial charge on any atom is -0.490 e. The van der Waals surface area contributed by atoms with Crippen LogP contribution in [0.5, 0.6) is 5.75 Å². The monoisotopic (exact) mass is 208 g/mol. The van der Waals surface area contributed by atoms with Crippen molar-refractivity contribution in [2.75, 3.05) is 30.3 Å². The highest BCUT2D eigenvalue weighted by molar-refractivity contribution is 5.70. The molecule has 0 spiro atoms. The van der Waals surface area contributed by atoms with Crippen LogP contribution in [-0.2, 0) is 0 Å². The van der Waals surface area contributed by atoms with Gasteiger partial charge < -0.3 is 15.4 Å². The van der Waals surface area contributed by atoms with Gasteiger partial charge in [0.2, 0.25) is 0 Å². The normalized spacial score (nSPS) is 10.1. The van der Waals surface area contributed by atoms with Gasteiger partial charge in [-0.15, -0.1) is 0 Å². The maximum atomic E-state index is 5.90. The highest BCUT2D eigenvalue weighted by Crippen LogP contribution is 2.33.